The molecule has 1 aliphatic rings. The first-order chi connectivity index (χ1) is 12.1. The Balaban J connectivity index is 1.55. The molecule has 0 saturated carbocycles. The van der Waals surface area contributed by atoms with E-state index in [1.165, 1.54) is 12.1 Å². The van der Waals surface area contributed by atoms with Crippen LogP contribution in [0, 0.1) is 11.6 Å². The van der Waals surface area contributed by atoms with Gasteiger partial charge in [-0.2, -0.15) is 0 Å². The third-order valence-electron chi connectivity index (χ3n) is 4.21. The summed E-state index contributed by atoms with van der Waals surface area (Å²) >= 11 is 0. The van der Waals surface area contributed by atoms with Gasteiger partial charge in [0.2, 0.25) is 5.91 Å². The Bertz CT molecular complexity index is 752. The first-order valence-electron chi connectivity index (χ1n) is 7.93. The fraction of sp³-hybridized carbons (Fsp3) is 0.278. The summed E-state index contributed by atoms with van der Waals surface area (Å²) in [5.41, 5.74) is 7.31. The van der Waals surface area contributed by atoms with Gasteiger partial charge < -0.3 is 10.1 Å². The lowest BCUT2D eigenvalue weighted by Gasteiger charge is -2.11. The second-order valence-electron chi connectivity index (χ2n) is 5.86. The average molecular weight is 347 g/mol. The number of hydrazine groups is 1. The third-order valence-corrected chi connectivity index (χ3v) is 4.21. The quantitative estimate of drug-likeness (QED) is 0.776. The van der Waals surface area contributed by atoms with Gasteiger partial charge in [0.25, 0.3) is 0 Å². The minimum absolute atomic E-state index is 0.00999. The van der Waals surface area contributed by atoms with E-state index in [9.17, 15) is 13.6 Å². The maximum Gasteiger partial charge on any atom is 0.238 e. The number of carbonyl (C=O) groups excluding carboxylic acids is 1. The molecule has 1 amide bonds. The van der Waals surface area contributed by atoms with Crippen molar-refractivity contribution in [3.63, 3.8) is 0 Å². The number of ether oxygens (including phenoxy) is 1. The number of hydrogen-bond donors (Lipinski definition) is 3. The average Bonchev–Trinajstić information content (AvgIpc) is 3.11. The number of carbonyl (C=O) groups is 1. The number of nitrogens with one attached hydrogen (secondary N) is 3. The molecule has 1 heterocycles. The van der Waals surface area contributed by atoms with E-state index in [-0.39, 0.29) is 24.1 Å². The van der Waals surface area contributed by atoms with E-state index >= 15 is 0 Å². The summed E-state index contributed by atoms with van der Waals surface area (Å²) in [4.78, 5) is 12.2. The Morgan fingerprint density at radius 3 is 2.64 bits per heavy atom. The molecule has 5 nitrogen and oxygen atoms in total. The maximum atomic E-state index is 13.6. The number of amides is 1. The van der Waals surface area contributed by atoms with Gasteiger partial charge >= 0.3 is 0 Å². The molecule has 2 aromatic carbocycles. The lowest BCUT2D eigenvalue weighted by atomic mass is 10.0. The Morgan fingerprint density at radius 2 is 1.96 bits per heavy atom. The molecule has 0 aromatic heterocycles. The van der Waals surface area contributed by atoms with Crippen molar-refractivity contribution in [2.24, 2.45) is 0 Å². The molecule has 132 valence electrons. The first kappa shape index (κ1) is 17.3. The van der Waals surface area contributed by atoms with Gasteiger partial charge in [-0.05, 0) is 30.2 Å². The summed E-state index contributed by atoms with van der Waals surface area (Å²) in [6.45, 7) is 0.0102. The molecule has 0 aliphatic carbocycles. The molecule has 2 unspecified atom stereocenters. The molecule has 1 saturated heterocycles. The third kappa shape index (κ3) is 4.12. The van der Waals surface area contributed by atoms with Crippen molar-refractivity contribution in [3.05, 3.63) is 65.2 Å². The molecule has 2 atom stereocenters. The van der Waals surface area contributed by atoms with Crippen LogP contribution in [0.15, 0.2) is 42.5 Å². The van der Waals surface area contributed by atoms with Crippen LogP contribution in [0.3, 0.4) is 0 Å². The lowest BCUT2D eigenvalue weighted by Crippen LogP contribution is -2.42. The van der Waals surface area contributed by atoms with Gasteiger partial charge in [-0.15, -0.1) is 0 Å². The van der Waals surface area contributed by atoms with Crippen molar-refractivity contribution < 1.29 is 18.3 Å². The highest BCUT2D eigenvalue weighted by Gasteiger charge is 2.30. The fourth-order valence-corrected chi connectivity index (χ4v) is 2.75. The zero-order chi connectivity index (χ0) is 17.8. The van der Waals surface area contributed by atoms with Crippen LogP contribution in [0.5, 0.6) is 5.75 Å². The zero-order valence-electron chi connectivity index (χ0n) is 13.7. The highest BCUT2D eigenvalue weighted by molar-refractivity contribution is 5.82. The summed E-state index contributed by atoms with van der Waals surface area (Å²) in [6, 6.07) is 10.4. The van der Waals surface area contributed by atoms with Gasteiger partial charge in [0, 0.05) is 24.2 Å². The molecule has 7 heteroatoms. The summed E-state index contributed by atoms with van der Waals surface area (Å²) in [5.74, 6) is -0.789. The van der Waals surface area contributed by atoms with E-state index in [0.29, 0.717) is 6.42 Å². The van der Waals surface area contributed by atoms with Gasteiger partial charge in [-0.1, -0.05) is 18.2 Å². The molecule has 2 aromatic rings. The highest BCUT2D eigenvalue weighted by atomic mass is 19.1. The number of halogens is 2. The Labute approximate surface area is 144 Å². The van der Waals surface area contributed by atoms with Crippen molar-refractivity contribution in [1.82, 2.24) is 16.2 Å². The van der Waals surface area contributed by atoms with Gasteiger partial charge in [0.15, 0.2) is 0 Å². The van der Waals surface area contributed by atoms with Crippen molar-refractivity contribution in [1.29, 1.82) is 0 Å². The van der Waals surface area contributed by atoms with Crippen molar-refractivity contribution in [2.75, 3.05) is 7.11 Å². The molecule has 0 bridgehead atoms. The van der Waals surface area contributed by atoms with E-state index in [1.807, 2.05) is 24.3 Å². The van der Waals surface area contributed by atoms with E-state index in [4.69, 9.17) is 4.74 Å². The van der Waals surface area contributed by atoms with E-state index in [2.05, 4.69) is 16.2 Å². The van der Waals surface area contributed by atoms with Crippen LogP contribution in [0.4, 0.5) is 8.78 Å². The van der Waals surface area contributed by atoms with Gasteiger partial charge in [-0.25, -0.2) is 19.6 Å². The molecular weight excluding hydrogens is 328 g/mol. The predicted octanol–water partition coefficient (Wildman–Crippen LogP) is 2.20. The lowest BCUT2D eigenvalue weighted by molar-refractivity contribution is -0.123. The minimum atomic E-state index is -0.672. The van der Waals surface area contributed by atoms with E-state index in [0.717, 1.165) is 17.4 Å². The van der Waals surface area contributed by atoms with E-state index in [1.54, 1.807) is 7.11 Å². The van der Waals surface area contributed by atoms with Crippen LogP contribution in [0.2, 0.25) is 0 Å². The maximum absolute atomic E-state index is 13.6. The van der Waals surface area contributed by atoms with Crippen LogP contribution >= 0.6 is 0 Å². The monoisotopic (exact) mass is 347 g/mol. The molecular formula is C18H19F2N3O2. The molecule has 25 heavy (non-hydrogen) atoms. The molecule has 3 N–H and O–H groups in total. The molecule has 1 fully saturated rings. The van der Waals surface area contributed by atoms with Gasteiger partial charge in [-0.3, -0.25) is 4.79 Å². The fourth-order valence-electron chi connectivity index (χ4n) is 2.75. The summed E-state index contributed by atoms with van der Waals surface area (Å²) in [7, 11) is 1.61. The molecule has 3 rings (SSSR count). The van der Waals surface area contributed by atoms with Gasteiger partial charge in [0.1, 0.15) is 23.4 Å². The van der Waals surface area contributed by atoms with Crippen LogP contribution in [0.1, 0.15) is 23.6 Å². The van der Waals surface area contributed by atoms with Crippen molar-refractivity contribution in [3.8, 4) is 5.75 Å². The topological polar surface area (TPSA) is 62.4 Å². The van der Waals surface area contributed by atoms with Crippen LogP contribution in [-0.4, -0.2) is 19.1 Å². The predicted molar refractivity (Wildman–Crippen MR) is 88.6 cm³/mol. The SMILES string of the molecule is COc1ccc(C2CC(C(=O)NCc3ccc(F)cc3F)NN2)cc1. The number of rotatable bonds is 5. The Hall–Kier alpha value is -2.51. The Kier molecular flexibility index (Phi) is 5.25. The number of benzene rings is 2. The summed E-state index contributed by atoms with van der Waals surface area (Å²) < 4.78 is 31.6. The summed E-state index contributed by atoms with van der Waals surface area (Å²) in [6.07, 6.45) is 0.560. The van der Waals surface area contributed by atoms with Crippen LogP contribution in [-0.2, 0) is 11.3 Å². The minimum Gasteiger partial charge on any atom is -0.497 e. The second kappa shape index (κ2) is 7.58. The molecule has 1 aliphatic heterocycles. The second-order valence-corrected chi connectivity index (χ2v) is 5.86. The highest BCUT2D eigenvalue weighted by Crippen LogP contribution is 2.24. The normalized spacial score (nSPS) is 19.6. The zero-order valence-corrected chi connectivity index (χ0v) is 13.7. The van der Waals surface area contributed by atoms with Gasteiger partial charge in [0.05, 0.1) is 7.11 Å². The smallest absolute Gasteiger partial charge is 0.238 e. The standard InChI is InChI=1S/C18H19F2N3O2/c1-25-14-6-3-11(4-7-14)16-9-17(23-22-16)18(24)21-10-12-2-5-13(19)8-15(12)20/h2-8,16-17,22-23H,9-10H2,1H3,(H,21,24). The summed E-state index contributed by atoms with van der Waals surface area (Å²) in [5, 5.41) is 2.67. The van der Waals surface area contributed by atoms with Crippen LogP contribution < -0.4 is 20.9 Å². The van der Waals surface area contributed by atoms with Crippen LogP contribution in [0.25, 0.3) is 0 Å². The largest absolute Gasteiger partial charge is 0.497 e. The van der Waals surface area contributed by atoms with E-state index < -0.39 is 17.7 Å². The molecule has 0 spiro atoms. The molecule has 0 radical (unpaired) electrons. The van der Waals surface area contributed by atoms with Crippen molar-refractivity contribution >= 4 is 5.91 Å². The first-order valence-corrected chi connectivity index (χ1v) is 7.93. The van der Waals surface area contributed by atoms with Crippen molar-refractivity contribution in [2.45, 2.75) is 25.0 Å². The Morgan fingerprint density at radius 1 is 1.20 bits per heavy atom. The number of hydrogen-bond acceptors (Lipinski definition) is 4. The number of methoxy groups -OCH3 is 1.